The number of carbonyl (C=O) groups excluding carboxylic acids is 1. The van der Waals surface area contributed by atoms with E-state index in [9.17, 15) is 9.36 Å². The number of methoxy groups -OCH3 is 1. The van der Waals surface area contributed by atoms with Crippen LogP contribution in [-0.2, 0) is 23.1 Å². The highest BCUT2D eigenvalue weighted by atomic mass is 31.2. The van der Waals surface area contributed by atoms with Crippen molar-refractivity contribution >= 4 is 21.8 Å². The third-order valence-corrected chi connectivity index (χ3v) is 5.61. The largest absolute Gasteiger partial charge is 0.509 e. The molecule has 0 bridgehead atoms. The summed E-state index contributed by atoms with van der Waals surface area (Å²) in [6, 6.07) is 0.863. The van der Waals surface area contributed by atoms with E-state index in [1.165, 1.54) is 27.4 Å². The highest BCUT2D eigenvalue weighted by Crippen LogP contribution is 2.52. The van der Waals surface area contributed by atoms with Crippen LogP contribution in [0, 0.1) is 0 Å². The zero-order valence-corrected chi connectivity index (χ0v) is 14.2. The molecule has 0 heterocycles. The van der Waals surface area contributed by atoms with Gasteiger partial charge < -0.3 is 18.5 Å². The second-order valence-electron chi connectivity index (χ2n) is 5.06. The zero-order chi connectivity index (χ0) is 15.1. The normalized spacial score (nSPS) is 14.4. The average Bonchev–Trinajstić information content (AvgIpc) is 2.34. The van der Waals surface area contributed by atoms with Crippen molar-refractivity contribution in [2.24, 2.45) is 0 Å². The van der Waals surface area contributed by atoms with Crippen LogP contribution in [0.2, 0.25) is 25.7 Å². The minimum atomic E-state index is -3.53. The van der Waals surface area contributed by atoms with Crippen molar-refractivity contribution in [2.45, 2.75) is 31.5 Å². The van der Waals surface area contributed by atoms with Gasteiger partial charge in [0.1, 0.15) is 0 Å². The van der Waals surface area contributed by atoms with E-state index in [2.05, 4.69) is 24.4 Å². The summed E-state index contributed by atoms with van der Waals surface area (Å²) in [6.45, 7) is 6.58. The van der Waals surface area contributed by atoms with Crippen molar-refractivity contribution in [2.75, 3.05) is 21.3 Å². The van der Waals surface area contributed by atoms with Gasteiger partial charge in [-0.2, -0.15) is 0 Å². The minimum Gasteiger partial charge on any atom is -0.438 e. The number of hydrogen-bond donors (Lipinski definition) is 0. The fourth-order valence-electron chi connectivity index (χ4n) is 1.18. The summed E-state index contributed by atoms with van der Waals surface area (Å²) < 4.78 is 31.2. The Kier molecular flexibility index (Phi) is 7.59. The zero-order valence-electron chi connectivity index (χ0n) is 12.3. The molecule has 19 heavy (non-hydrogen) atoms. The van der Waals surface area contributed by atoms with E-state index in [1.807, 2.05) is 6.08 Å². The van der Waals surface area contributed by atoms with Gasteiger partial charge in [0, 0.05) is 22.3 Å². The lowest BCUT2D eigenvalue weighted by molar-refractivity contribution is 0.0626. The fourth-order valence-corrected chi connectivity index (χ4v) is 3.13. The molecule has 0 aromatic rings. The third kappa shape index (κ3) is 6.91. The lowest BCUT2D eigenvalue weighted by Crippen LogP contribution is -2.20. The number of rotatable bonds is 7. The molecule has 0 saturated carbocycles. The van der Waals surface area contributed by atoms with Gasteiger partial charge in [-0.15, -0.1) is 0 Å². The standard InChI is InChI=1S/C11H23O6PSi/c1-14-11(12)17-10(18(13,15-2)16-3)8-7-9-19(4,5)6/h7-8,10H,9H2,1-6H3/b8-7+. The van der Waals surface area contributed by atoms with Gasteiger partial charge in [0.25, 0.3) is 0 Å². The molecule has 1 unspecified atom stereocenters. The van der Waals surface area contributed by atoms with Crippen LogP contribution in [0.5, 0.6) is 0 Å². The van der Waals surface area contributed by atoms with E-state index < -0.39 is 27.7 Å². The van der Waals surface area contributed by atoms with E-state index in [-0.39, 0.29) is 0 Å². The molecule has 0 aliphatic heterocycles. The van der Waals surface area contributed by atoms with Crippen LogP contribution >= 0.6 is 7.60 Å². The Hall–Kier alpha value is -0.623. The highest BCUT2D eigenvalue weighted by molar-refractivity contribution is 7.54. The topological polar surface area (TPSA) is 71.1 Å². The molecule has 0 aliphatic rings. The number of carbonyl (C=O) groups is 1. The number of hydrogen-bond acceptors (Lipinski definition) is 6. The van der Waals surface area contributed by atoms with Crippen LogP contribution in [0.15, 0.2) is 12.2 Å². The Balaban J connectivity index is 4.97. The van der Waals surface area contributed by atoms with Crippen molar-refractivity contribution in [3.05, 3.63) is 12.2 Å². The second-order valence-corrected chi connectivity index (χ2v) is 12.9. The van der Waals surface area contributed by atoms with Crippen molar-refractivity contribution < 1.29 is 27.9 Å². The molecule has 0 fully saturated rings. The first-order valence-corrected chi connectivity index (χ1v) is 11.1. The summed E-state index contributed by atoms with van der Waals surface area (Å²) in [6.07, 6.45) is 2.44. The van der Waals surface area contributed by atoms with Crippen molar-refractivity contribution in [1.29, 1.82) is 0 Å². The van der Waals surface area contributed by atoms with E-state index in [1.54, 1.807) is 0 Å². The smallest absolute Gasteiger partial charge is 0.438 e. The summed E-state index contributed by atoms with van der Waals surface area (Å²) >= 11 is 0. The van der Waals surface area contributed by atoms with E-state index >= 15 is 0 Å². The van der Waals surface area contributed by atoms with Crippen molar-refractivity contribution in [1.82, 2.24) is 0 Å². The molecular formula is C11H23O6PSi. The molecule has 0 saturated heterocycles. The van der Waals surface area contributed by atoms with Crippen molar-refractivity contribution in [3.8, 4) is 0 Å². The monoisotopic (exact) mass is 310 g/mol. The van der Waals surface area contributed by atoms with Crippen LogP contribution in [0.3, 0.4) is 0 Å². The van der Waals surface area contributed by atoms with E-state index in [0.717, 1.165) is 6.04 Å². The van der Waals surface area contributed by atoms with Crippen LogP contribution in [0.4, 0.5) is 4.79 Å². The summed E-state index contributed by atoms with van der Waals surface area (Å²) in [5.74, 6) is -1.11. The molecule has 112 valence electrons. The minimum absolute atomic E-state index is 0.863. The first-order chi connectivity index (χ1) is 8.68. The lowest BCUT2D eigenvalue weighted by atomic mass is 10.5. The van der Waals surface area contributed by atoms with Crippen LogP contribution in [-0.4, -0.2) is 41.4 Å². The van der Waals surface area contributed by atoms with Crippen LogP contribution < -0.4 is 0 Å². The molecule has 8 heteroatoms. The van der Waals surface area contributed by atoms with Crippen LogP contribution in [0.1, 0.15) is 0 Å². The summed E-state index contributed by atoms with van der Waals surface area (Å²) in [4.78, 5) is 11.2. The molecule has 0 rings (SSSR count). The molecule has 0 amide bonds. The van der Waals surface area contributed by atoms with Crippen LogP contribution in [0.25, 0.3) is 0 Å². The van der Waals surface area contributed by atoms with E-state index in [4.69, 9.17) is 13.8 Å². The van der Waals surface area contributed by atoms with Gasteiger partial charge in [0.05, 0.1) is 7.11 Å². The lowest BCUT2D eigenvalue weighted by Gasteiger charge is -2.21. The second kappa shape index (κ2) is 7.84. The summed E-state index contributed by atoms with van der Waals surface area (Å²) in [5.41, 5.74) is 0. The molecule has 0 spiro atoms. The SMILES string of the molecule is COC(=O)OC(/C=C/C[Si](C)(C)C)P(=O)(OC)OC. The molecule has 6 nitrogen and oxygen atoms in total. The fraction of sp³-hybridized carbons (Fsp3) is 0.727. The summed E-state index contributed by atoms with van der Waals surface area (Å²) in [5, 5.41) is 0. The number of ether oxygens (including phenoxy) is 2. The third-order valence-electron chi connectivity index (χ3n) is 2.24. The maximum absolute atomic E-state index is 12.2. The molecule has 0 radical (unpaired) electrons. The predicted molar refractivity (Wildman–Crippen MR) is 76.2 cm³/mol. The van der Waals surface area contributed by atoms with Gasteiger partial charge in [0.2, 0.25) is 5.85 Å². The maximum atomic E-state index is 12.2. The molecule has 0 aromatic carbocycles. The summed E-state index contributed by atoms with van der Waals surface area (Å²) in [7, 11) is -1.16. The Labute approximate surface area is 115 Å². The Morgan fingerprint density at radius 3 is 2.11 bits per heavy atom. The van der Waals surface area contributed by atoms with Gasteiger partial charge in [0.15, 0.2) is 0 Å². The Bertz CT molecular complexity index is 355. The predicted octanol–water partition coefficient (Wildman–Crippen LogP) is 3.48. The molecule has 0 N–H and O–H groups in total. The van der Waals surface area contributed by atoms with Crippen molar-refractivity contribution in [3.63, 3.8) is 0 Å². The first kappa shape index (κ1) is 18.4. The first-order valence-electron chi connectivity index (χ1n) is 5.81. The molecule has 1 atom stereocenters. The quantitative estimate of drug-likeness (QED) is 0.310. The highest BCUT2D eigenvalue weighted by Gasteiger charge is 2.36. The Morgan fingerprint density at radius 1 is 1.21 bits per heavy atom. The molecule has 0 aromatic heterocycles. The van der Waals surface area contributed by atoms with E-state index in [0.29, 0.717) is 0 Å². The van der Waals surface area contributed by atoms with Gasteiger partial charge >= 0.3 is 13.8 Å². The van der Waals surface area contributed by atoms with Gasteiger partial charge in [-0.3, -0.25) is 4.57 Å². The van der Waals surface area contributed by atoms with Gasteiger partial charge in [-0.05, 0) is 12.1 Å². The molecule has 0 aliphatic carbocycles. The molecular weight excluding hydrogens is 287 g/mol. The maximum Gasteiger partial charge on any atom is 0.509 e. The van der Waals surface area contributed by atoms with Gasteiger partial charge in [-0.1, -0.05) is 25.7 Å². The van der Waals surface area contributed by atoms with Gasteiger partial charge in [-0.25, -0.2) is 4.79 Å². The average molecular weight is 310 g/mol. The Morgan fingerprint density at radius 2 is 1.74 bits per heavy atom. The number of allylic oxidation sites excluding steroid dienone is 1.